The van der Waals surface area contributed by atoms with Crippen molar-refractivity contribution in [3.05, 3.63) is 53.3 Å². The summed E-state index contributed by atoms with van der Waals surface area (Å²) in [5.74, 6) is 0. The number of benzene rings is 1. The van der Waals surface area contributed by atoms with Gasteiger partial charge < -0.3 is 5.32 Å². The quantitative estimate of drug-likeness (QED) is 0.847. The van der Waals surface area contributed by atoms with Gasteiger partial charge in [0.2, 0.25) is 0 Å². The zero-order chi connectivity index (χ0) is 14.7. The van der Waals surface area contributed by atoms with E-state index in [1.54, 1.807) is 0 Å². The first-order valence-corrected chi connectivity index (χ1v) is 7.67. The summed E-state index contributed by atoms with van der Waals surface area (Å²) in [6.45, 7) is 2.89. The van der Waals surface area contributed by atoms with E-state index in [2.05, 4.69) is 52.8 Å². The highest BCUT2D eigenvalue weighted by Crippen LogP contribution is 2.20. The minimum Gasteiger partial charge on any atom is -0.310 e. The van der Waals surface area contributed by atoms with Crippen molar-refractivity contribution in [3.8, 4) is 0 Å². The number of nitrogens with zero attached hydrogens (tertiary/aromatic N) is 3. The molecule has 0 unspecified atom stereocenters. The molecule has 4 nitrogen and oxygen atoms in total. The molecule has 1 aliphatic rings. The molecule has 21 heavy (non-hydrogen) atoms. The summed E-state index contributed by atoms with van der Waals surface area (Å²) in [7, 11) is 4.13. The molecule has 3 rings (SSSR count). The molecule has 0 aliphatic heterocycles. The first kappa shape index (κ1) is 14.3. The van der Waals surface area contributed by atoms with Crippen molar-refractivity contribution in [2.24, 2.45) is 7.05 Å². The lowest BCUT2D eigenvalue weighted by Gasteiger charge is -2.18. The average molecular weight is 284 g/mol. The summed E-state index contributed by atoms with van der Waals surface area (Å²) < 4.78 is 1.86. The Labute approximate surface area is 126 Å². The number of hydrogen-bond acceptors (Lipinski definition) is 3. The highest BCUT2D eigenvalue weighted by molar-refractivity contribution is 5.27. The van der Waals surface area contributed by atoms with Crippen molar-refractivity contribution in [2.45, 2.75) is 38.5 Å². The second-order valence-electron chi connectivity index (χ2n) is 6.12. The van der Waals surface area contributed by atoms with Crippen LogP contribution in [0.1, 0.15) is 29.5 Å². The van der Waals surface area contributed by atoms with Crippen molar-refractivity contribution in [1.29, 1.82) is 0 Å². The van der Waals surface area contributed by atoms with Crippen molar-refractivity contribution >= 4 is 0 Å². The predicted octanol–water partition coefficient (Wildman–Crippen LogP) is 2.30. The summed E-state index contributed by atoms with van der Waals surface area (Å²) in [6.07, 6.45) is 6.69. The Morgan fingerprint density at radius 3 is 2.67 bits per heavy atom. The van der Waals surface area contributed by atoms with Crippen LogP contribution in [0, 0.1) is 0 Å². The number of nitrogens with one attached hydrogen (secondary N) is 1. The molecule has 1 aromatic heterocycles. The van der Waals surface area contributed by atoms with Crippen LogP contribution in [0.3, 0.4) is 0 Å². The Bertz CT molecular complexity index is 586. The molecule has 2 aromatic rings. The predicted molar refractivity (Wildman–Crippen MR) is 84.7 cm³/mol. The fraction of sp³-hybridized carbons (Fsp3) is 0.471. The Hall–Kier alpha value is -1.65. The third-order valence-electron chi connectivity index (χ3n) is 3.93. The maximum absolute atomic E-state index is 4.23. The van der Waals surface area contributed by atoms with E-state index in [4.69, 9.17) is 0 Å². The van der Waals surface area contributed by atoms with E-state index in [0.29, 0.717) is 0 Å². The molecule has 1 fully saturated rings. The van der Waals surface area contributed by atoms with Gasteiger partial charge in [0.05, 0.1) is 6.20 Å². The smallest absolute Gasteiger partial charge is 0.0534 e. The second-order valence-corrected chi connectivity index (χ2v) is 6.12. The largest absolute Gasteiger partial charge is 0.310 e. The standard InChI is InChI=1S/C17H24N4/c1-20(11-14-9-19-21(2)12-14)13-16-6-4-3-5-15(16)10-18-17-7-8-17/h3-6,9,12,17-18H,7-8,10-11,13H2,1-2H3. The van der Waals surface area contributed by atoms with Crippen LogP contribution in [0.25, 0.3) is 0 Å². The van der Waals surface area contributed by atoms with E-state index in [1.165, 1.54) is 29.5 Å². The van der Waals surface area contributed by atoms with E-state index in [-0.39, 0.29) is 0 Å². The van der Waals surface area contributed by atoms with Gasteiger partial charge in [-0.3, -0.25) is 9.58 Å². The maximum atomic E-state index is 4.23. The molecular weight excluding hydrogens is 260 g/mol. The van der Waals surface area contributed by atoms with E-state index in [1.807, 2.05) is 17.9 Å². The first-order chi connectivity index (χ1) is 10.2. The maximum Gasteiger partial charge on any atom is 0.0534 e. The molecule has 1 aliphatic carbocycles. The van der Waals surface area contributed by atoms with Gasteiger partial charge in [0, 0.05) is 44.5 Å². The molecule has 0 spiro atoms. The van der Waals surface area contributed by atoms with Crippen LogP contribution in [0.5, 0.6) is 0 Å². The molecule has 0 saturated heterocycles. The van der Waals surface area contributed by atoms with Crippen molar-refractivity contribution in [2.75, 3.05) is 7.05 Å². The molecule has 0 bridgehead atoms. The topological polar surface area (TPSA) is 33.1 Å². The first-order valence-electron chi connectivity index (χ1n) is 7.67. The Morgan fingerprint density at radius 2 is 2.00 bits per heavy atom. The minimum atomic E-state index is 0.756. The lowest BCUT2D eigenvalue weighted by molar-refractivity contribution is 0.317. The number of hydrogen-bond donors (Lipinski definition) is 1. The van der Waals surface area contributed by atoms with Gasteiger partial charge in [-0.2, -0.15) is 5.10 Å². The molecule has 0 radical (unpaired) electrons. The van der Waals surface area contributed by atoms with Gasteiger partial charge in [0.25, 0.3) is 0 Å². The number of aromatic nitrogens is 2. The fourth-order valence-electron chi connectivity index (χ4n) is 2.64. The lowest BCUT2D eigenvalue weighted by atomic mass is 10.1. The summed E-state index contributed by atoms with van der Waals surface area (Å²) in [5.41, 5.74) is 4.09. The van der Waals surface area contributed by atoms with Crippen molar-refractivity contribution in [3.63, 3.8) is 0 Å². The van der Waals surface area contributed by atoms with Gasteiger partial charge >= 0.3 is 0 Å². The monoisotopic (exact) mass is 284 g/mol. The molecule has 0 atom stereocenters. The molecule has 1 N–H and O–H groups in total. The van der Waals surface area contributed by atoms with Gasteiger partial charge in [-0.1, -0.05) is 24.3 Å². The fourth-order valence-corrected chi connectivity index (χ4v) is 2.64. The molecule has 112 valence electrons. The van der Waals surface area contributed by atoms with Crippen LogP contribution >= 0.6 is 0 Å². The van der Waals surface area contributed by atoms with Crippen molar-refractivity contribution < 1.29 is 0 Å². The van der Waals surface area contributed by atoms with Gasteiger partial charge in [0.15, 0.2) is 0 Å². The highest BCUT2D eigenvalue weighted by atomic mass is 15.2. The van der Waals surface area contributed by atoms with E-state index in [9.17, 15) is 0 Å². The SMILES string of the molecule is CN(Cc1cnn(C)c1)Cc1ccccc1CNC1CC1. The van der Waals surface area contributed by atoms with Crippen LogP contribution in [-0.4, -0.2) is 27.8 Å². The zero-order valence-electron chi connectivity index (χ0n) is 12.9. The molecule has 1 aromatic carbocycles. The van der Waals surface area contributed by atoms with Crippen LogP contribution in [0.15, 0.2) is 36.7 Å². The second kappa shape index (κ2) is 6.41. The van der Waals surface area contributed by atoms with Crippen LogP contribution < -0.4 is 5.32 Å². The van der Waals surface area contributed by atoms with Gasteiger partial charge in [-0.05, 0) is 31.0 Å². The average Bonchev–Trinajstić information content (AvgIpc) is 3.20. The van der Waals surface area contributed by atoms with E-state index >= 15 is 0 Å². The number of aryl methyl sites for hydroxylation is 1. The van der Waals surface area contributed by atoms with Crippen LogP contribution in [-0.2, 0) is 26.7 Å². The molecule has 4 heteroatoms. The molecule has 1 heterocycles. The van der Waals surface area contributed by atoms with Crippen molar-refractivity contribution in [1.82, 2.24) is 20.0 Å². The summed E-state index contributed by atoms with van der Waals surface area (Å²) in [6, 6.07) is 9.50. The van der Waals surface area contributed by atoms with Crippen LogP contribution in [0.2, 0.25) is 0 Å². The van der Waals surface area contributed by atoms with Crippen LogP contribution in [0.4, 0.5) is 0 Å². The highest BCUT2D eigenvalue weighted by Gasteiger charge is 2.20. The third-order valence-corrected chi connectivity index (χ3v) is 3.93. The number of rotatable bonds is 7. The molecule has 0 amide bonds. The van der Waals surface area contributed by atoms with Gasteiger partial charge in [-0.15, -0.1) is 0 Å². The Balaban J connectivity index is 1.60. The van der Waals surface area contributed by atoms with Gasteiger partial charge in [-0.25, -0.2) is 0 Å². The van der Waals surface area contributed by atoms with E-state index in [0.717, 1.165) is 25.7 Å². The summed E-state index contributed by atoms with van der Waals surface area (Å²) >= 11 is 0. The Kier molecular flexibility index (Phi) is 4.36. The van der Waals surface area contributed by atoms with E-state index < -0.39 is 0 Å². The molecular formula is C17H24N4. The third kappa shape index (κ3) is 4.16. The van der Waals surface area contributed by atoms with Gasteiger partial charge in [0.1, 0.15) is 0 Å². The zero-order valence-corrected chi connectivity index (χ0v) is 12.9. The normalized spacial score (nSPS) is 14.8. The summed E-state index contributed by atoms with van der Waals surface area (Å²) in [5, 5.41) is 7.84. The summed E-state index contributed by atoms with van der Waals surface area (Å²) in [4.78, 5) is 2.34. The Morgan fingerprint density at radius 1 is 1.24 bits per heavy atom. The lowest BCUT2D eigenvalue weighted by Crippen LogP contribution is -2.20. The minimum absolute atomic E-state index is 0.756. The molecule has 1 saturated carbocycles.